The van der Waals surface area contributed by atoms with Gasteiger partial charge < -0.3 is 10.6 Å². The van der Waals surface area contributed by atoms with Crippen molar-refractivity contribution in [1.29, 1.82) is 0 Å². The molecule has 0 atom stereocenters. The van der Waals surface area contributed by atoms with Crippen LogP contribution in [-0.4, -0.2) is 36.3 Å². The van der Waals surface area contributed by atoms with Crippen LogP contribution in [-0.2, 0) is 4.79 Å². The van der Waals surface area contributed by atoms with Crippen LogP contribution in [0, 0.1) is 0 Å². The van der Waals surface area contributed by atoms with Crippen LogP contribution in [0.2, 0.25) is 0 Å². The van der Waals surface area contributed by atoms with Gasteiger partial charge in [-0.1, -0.05) is 18.2 Å². The van der Waals surface area contributed by atoms with E-state index in [4.69, 9.17) is 0 Å². The number of carbonyl (C=O) groups is 2. The summed E-state index contributed by atoms with van der Waals surface area (Å²) in [6, 6.07) is 11.1. The Labute approximate surface area is 140 Å². The first-order valence-electron chi connectivity index (χ1n) is 7.41. The number of anilines is 2. The lowest BCUT2D eigenvalue weighted by Gasteiger charge is -2.20. The highest BCUT2D eigenvalue weighted by molar-refractivity contribution is 7.12. The first kappa shape index (κ1) is 17.2. The van der Waals surface area contributed by atoms with Crippen LogP contribution in [0.15, 0.2) is 41.8 Å². The van der Waals surface area contributed by atoms with Gasteiger partial charge in [-0.05, 0) is 44.5 Å². The van der Waals surface area contributed by atoms with Crippen LogP contribution in [0.1, 0.15) is 23.5 Å². The Balaban J connectivity index is 2.05. The number of para-hydroxylation sites is 2. The molecule has 0 unspecified atom stereocenters. The van der Waals surface area contributed by atoms with E-state index in [2.05, 4.69) is 10.6 Å². The summed E-state index contributed by atoms with van der Waals surface area (Å²) in [5.41, 5.74) is 1.19. The summed E-state index contributed by atoms with van der Waals surface area (Å²) >= 11 is 1.38. The fourth-order valence-electron chi connectivity index (χ4n) is 1.89. The number of benzene rings is 1. The second-order valence-electron chi connectivity index (χ2n) is 5.53. The van der Waals surface area contributed by atoms with Crippen molar-refractivity contribution in [2.24, 2.45) is 0 Å². The molecule has 2 rings (SSSR count). The first-order valence-corrected chi connectivity index (χ1v) is 8.29. The highest BCUT2D eigenvalue weighted by Crippen LogP contribution is 2.22. The lowest BCUT2D eigenvalue weighted by atomic mass is 10.2. The number of amides is 2. The monoisotopic (exact) mass is 331 g/mol. The fourth-order valence-corrected chi connectivity index (χ4v) is 2.51. The van der Waals surface area contributed by atoms with Gasteiger partial charge in [-0.2, -0.15) is 0 Å². The zero-order valence-corrected chi connectivity index (χ0v) is 14.3. The molecule has 0 bridgehead atoms. The molecule has 0 radical (unpaired) electrons. The van der Waals surface area contributed by atoms with E-state index in [1.54, 1.807) is 18.2 Å². The van der Waals surface area contributed by atoms with E-state index in [-0.39, 0.29) is 17.9 Å². The smallest absolute Gasteiger partial charge is 0.265 e. The molecule has 0 fully saturated rings. The zero-order valence-electron chi connectivity index (χ0n) is 13.5. The maximum absolute atomic E-state index is 12.2. The maximum Gasteiger partial charge on any atom is 0.265 e. The topological polar surface area (TPSA) is 61.4 Å². The second-order valence-corrected chi connectivity index (χ2v) is 6.48. The Morgan fingerprint density at radius 1 is 1.09 bits per heavy atom. The lowest BCUT2D eigenvalue weighted by molar-refractivity contribution is -0.117. The summed E-state index contributed by atoms with van der Waals surface area (Å²) in [5.74, 6) is -0.292. The molecule has 0 saturated heterocycles. The van der Waals surface area contributed by atoms with Gasteiger partial charge in [0, 0.05) is 6.04 Å². The molecule has 122 valence electrons. The van der Waals surface area contributed by atoms with E-state index in [9.17, 15) is 9.59 Å². The van der Waals surface area contributed by atoms with Gasteiger partial charge in [0.2, 0.25) is 5.91 Å². The van der Waals surface area contributed by atoms with Crippen molar-refractivity contribution >= 4 is 34.5 Å². The molecule has 5 nitrogen and oxygen atoms in total. The molecule has 2 N–H and O–H groups in total. The van der Waals surface area contributed by atoms with Crippen LogP contribution in [0.25, 0.3) is 0 Å². The van der Waals surface area contributed by atoms with Gasteiger partial charge >= 0.3 is 0 Å². The van der Waals surface area contributed by atoms with Crippen molar-refractivity contribution in [1.82, 2.24) is 4.90 Å². The van der Waals surface area contributed by atoms with E-state index in [0.29, 0.717) is 22.8 Å². The molecule has 1 aromatic carbocycles. The van der Waals surface area contributed by atoms with Gasteiger partial charge in [-0.25, -0.2) is 0 Å². The largest absolute Gasteiger partial charge is 0.323 e. The van der Waals surface area contributed by atoms with Gasteiger partial charge in [0.05, 0.1) is 22.8 Å². The zero-order chi connectivity index (χ0) is 16.8. The normalized spacial score (nSPS) is 10.8. The number of nitrogens with one attached hydrogen (secondary N) is 2. The number of thiophene rings is 1. The molecule has 23 heavy (non-hydrogen) atoms. The van der Waals surface area contributed by atoms with Crippen LogP contribution in [0.3, 0.4) is 0 Å². The van der Waals surface area contributed by atoms with Crippen molar-refractivity contribution in [3.8, 4) is 0 Å². The van der Waals surface area contributed by atoms with Crippen molar-refractivity contribution < 1.29 is 9.59 Å². The second kappa shape index (κ2) is 7.89. The first-order chi connectivity index (χ1) is 11.0. The molecule has 0 aliphatic carbocycles. The van der Waals surface area contributed by atoms with E-state index in [0.717, 1.165) is 0 Å². The third kappa shape index (κ3) is 4.91. The summed E-state index contributed by atoms with van der Waals surface area (Å²) in [6.45, 7) is 4.36. The SMILES string of the molecule is CC(C)N(C)CC(=O)Nc1ccccc1NC(=O)c1cccs1. The number of carbonyl (C=O) groups excluding carboxylic acids is 2. The third-order valence-electron chi connectivity index (χ3n) is 3.47. The highest BCUT2D eigenvalue weighted by atomic mass is 32.1. The van der Waals surface area contributed by atoms with Crippen molar-refractivity contribution in [2.75, 3.05) is 24.2 Å². The lowest BCUT2D eigenvalue weighted by Crippen LogP contribution is -2.34. The van der Waals surface area contributed by atoms with Gasteiger partial charge in [-0.3, -0.25) is 14.5 Å². The molecule has 0 spiro atoms. The van der Waals surface area contributed by atoms with Crippen LogP contribution >= 0.6 is 11.3 Å². The van der Waals surface area contributed by atoms with E-state index in [1.807, 2.05) is 49.4 Å². The molecule has 0 saturated carbocycles. The molecule has 0 aliphatic rings. The number of hydrogen-bond donors (Lipinski definition) is 2. The van der Waals surface area contributed by atoms with Gasteiger partial charge in [0.1, 0.15) is 0 Å². The predicted molar refractivity (Wildman–Crippen MR) is 95.1 cm³/mol. The van der Waals surface area contributed by atoms with E-state index in [1.165, 1.54) is 11.3 Å². The average molecular weight is 331 g/mol. The minimum atomic E-state index is -0.180. The summed E-state index contributed by atoms with van der Waals surface area (Å²) < 4.78 is 0. The Morgan fingerprint density at radius 2 is 1.74 bits per heavy atom. The quantitative estimate of drug-likeness (QED) is 0.854. The molecule has 1 heterocycles. The average Bonchev–Trinajstić information content (AvgIpc) is 3.03. The minimum Gasteiger partial charge on any atom is -0.323 e. The molecule has 6 heteroatoms. The Morgan fingerprint density at radius 3 is 2.30 bits per heavy atom. The van der Waals surface area contributed by atoms with Gasteiger partial charge in [0.15, 0.2) is 0 Å². The number of rotatable bonds is 6. The summed E-state index contributed by atoms with van der Waals surface area (Å²) in [5, 5.41) is 7.54. The maximum atomic E-state index is 12.2. The van der Waals surface area contributed by atoms with Crippen LogP contribution in [0.5, 0.6) is 0 Å². The Bertz CT molecular complexity index is 668. The highest BCUT2D eigenvalue weighted by Gasteiger charge is 2.13. The number of hydrogen-bond acceptors (Lipinski definition) is 4. The molecule has 2 amide bonds. The Hall–Kier alpha value is -2.18. The molecular weight excluding hydrogens is 310 g/mol. The summed E-state index contributed by atoms with van der Waals surface area (Å²) in [4.78, 5) is 26.9. The molecule has 2 aromatic rings. The minimum absolute atomic E-state index is 0.112. The van der Waals surface area contributed by atoms with E-state index >= 15 is 0 Å². The molecular formula is C17H21N3O2S. The molecule has 1 aromatic heterocycles. The summed E-state index contributed by atoms with van der Waals surface area (Å²) in [7, 11) is 1.90. The van der Waals surface area contributed by atoms with Crippen molar-refractivity contribution in [2.45, 2.75) is 19.9 Å². The van der Waals surface area contributed by atoms with Crippen LogP contribution in [0.4, 0.5) is 11.4 Å². The summed E-state index contributed by atoms with van der Waals surface area (Å²) in [6.07, 6.45) is 0. The van der Waals surface area contributed by atoms with Gasteiger partial charge in [0.25, 0.3) is 5.91 Å². The van der Waals surface area contributed by atoms with E-state index < -0.39 is 0 Å². The van der Waals surface area contributed by atoms with Crippen molar-refractivity contribution in [3.63, 3.8) is 0 Å². The third-order valence-corrected chi connectivity index (χ3v) is 4.34. The fraction of sp³-hybridized carbons (Fsp3) is 0.294. The molecule has 0 aliphatic heterocycles. The van der Waals surface area contributed by atoms with Crippen LogP contribution < -0.4 is 10.6 Å². The standard InChI is InChI=1S/C17H21N3O2S/c1-12(2)20(3)11-16(21)18-13-7-4-5-8-14(13)19-17(22)15-9-6-10-23-15/h4-10,12H,11H2,1-3H3,(H,18,21)(H,19,22). The predicted octanol–water partition coefficient (Wildman–Crippen LogP) is 3.28. The number of nitrogens with zero attached hydrogens (tertiary/aromatic N) is 1. The van der Waals surface area contributed by atoms with Gasteiger partial charge in [-0.15, -0.1) is 11.3 Å². The Kier molecular flexibility index (Phi) is 5.90. The van der Waals surface area contributed by atoms with Crippen molar-refractivity contribution in [3.05, 3.63) is 46.7 Å². The number of likely N-dealkylation sites (N-methyl/N-ethyl adjacent to an activating group) is 1.